The number of rotatable bonds is 5. The first-order valence-electron chi connectivity index (χ1n) is 7.76. The van der Waals surface area contributed by atoms with Crippen LogP contribution in [-0.2, 0) is 0 Å². The van der Waals surface area contributed by atoms with E-state index in [-0.39, 0.29) is 11.7 Å². The molecule has 0 radical (unpaired) electrons. The molecule has 1 fully saturated rings. The Kier molecular flexibility index (Phi) is 5.34. The van der Waals surface area contributed by atoms with Crippen LogP contribution in [0.5, 0.6) is 0 Å². The van der Waals surface area contributed by atoms with Gasteiger partial charge in [-0.2, -0.15) is 0 Å². The first-order chi connectivity index (χ1) is 9.97. The lowest BCUT2D eigenvalue weighted by atomic mass is 10.1. The molecule has 4 heteroatoms. The quantitative estimate of drug-likeness (QED) is 0.905. The molecule has 1 N–H and O–H groups in total. The van der Waals surface area contributed by atoms with E-state index in [1.165, 1.54) is 18.6 Å². The van der Waals surface area contributed by atoms with E-state index in [1.807, 2.05) is 4.90 Å². The highest BCUT2D eigenvalue weighted by Crippen LogP contribution is 2.16. The number of carbonyl (C=O) groups excluding carboxylic acids is 1. The van der Waals surface area contributed by atoms with Crippen LogP contribution in [0.25, 0.3) is 0 Å². The zero-order chi connectivity index (χ0) is 15.4. The summed E-state index contributed by atoms with van der Waals surface area (Å²) in [7, 11) is 0. The van der Waals surface area contributed by atoms with Gasteiger partial charge in [-0.25, -0.2) is 4.39 Å². The Morgan fingerprint density at radius 1 is 1.48 bits per heavy atom. The SMILES string of the molecule is Cc1cc(F)ccc1C(=O)N(CC(C)C)CC1CCCN1. The van der Waals surface area contributed by atoms with Gasteiger partial charge in [-0.1, -0.05) is 13.8 Å². The van der Waals surface area contributed by atoms with Gasteiger partial charge in [0, 0.05) is 24.7 Å². The van der Waals surface area contributed by atoms with Crippen molar-refractivity contribution in [2.45, 2.75) is 39.7 Å². The van der Waals surface area contributed by atoms with Crippen molar-refractivity contribution in [1.82, 2.24) is 10.2 Å². The van der Waals surface area contributed by atoms with E-state index in [1.54, 1.807) is 13.0 Å². The summed E-state index contributed by atoms with van der Waals surface area (Å²) >= 11 is 0. The molecule has 0 bridgehead atoms. The van der Waals surface area contributed by atoms with E-state index in [4.69, 9.17) is 0 Å². The standard InChI is InChI=1S/C17H25FN2O/c1-12(2)10-20(11-15-5-4-8-19-15)17(21)16-7-6-14(18)9-13(16)3/h6-7,9,12,15,19H,4-5,8,10-11H2,1-3H3. The van der Waals surface area contributed by atoms with Crippen LogP contribution in [0.3, 0.4) is 0 Å². The van der Waals surface area contributed by atoms with Crippen LogP contribution in [0.1, 0.15) is 42.6 Å². The van der Waals surface area contributed by atoms with Gasteiger partial charge in [0.25, 0.3) is 5.91 Å². The topological polar surface area (TPSA) is 32.3 Å². The Bertz CT molecular complexity index is 496. The average Bonchev–Trinajstić information content (AvgIpc) is 2.89. The molecule has 1 unspecified atom stereocenters. The lowest BCUT2D eigenvalue weighted by Crippen LogP contribution is -2.43. The van der Waals surface area contributed by atoms with Crippen molar-refractivity contribution in [3.63, 3.8) is 0 Å². The molecule has 1 amide bonds. The maximum absolute atomic E-state index is 13.2. The third kappa shape index (κ3) is 4.27. The molecule has 116 valence electrons. The van der Waals surface area contributed by atoms with E-state index in [9.17, 15) is 9.18 Å². The Balaban J connectivity index is 2.15. The Morgan fingerprint density at radius 2 is 2.24 bits per heavy atom. The second-order valence-electron chi connectivity index (χ2n) is 6.36. The second kappa shape index (κ2) is 7.03. The Morgan fingerprint density at radius 3 is 2.81 bits per heavy atom. The summed E-state index contributed by atoms with van der Waals surface area (Å²) in [5.74, 6) is 0.128. The fraction of sp³-hybridized carbons (Fsp3) is 0.588. The number of nitrogens with one attached hydrogen (secondary N) is 1. The minimum absolute atomic E-state index is 0.00917. The van der Waals surface area contributed by atoms with Crippen molar-refractivity contribution < 1.29 is 9.18 Å². The van der Waals surface area contributed by atoms with E-state index in [0.29, 0.717) is 23.1 Å². The van der Waals surface area contributed by atoms with Gasteiger partial charge in [-0.15, -0.1) is 0 Å². The zero-order valence-electron chi connectivity index (χ0n) is 13.2. The molecule has 1 aliphatic rings. The summed E-state index contributed by atoms with van der Waals surface area (Å²) in [4.78, 5) is 14.7. The molecule has 0 saturated carbocycles. The molecular formula is C17H25FN2O. The molecule has 0 aromatic heterocycles. The molecule has 1 aromatic carbocycles. The third-order valence-electron chi connectivity index (χ3n) is 3.89. The molecule has 1 aliphatic heterocycles. The molecule has 1 heterocycles. The summed E-state index contributed by atoms with van der Waals surface area (Å²) in [5.41, 5.74) is 1.31. The zero-order valence-corrected chi connectivity index (χ0v) is 13.2. The molecular weight excluding hydrogens is 267 g/mol. The lowest BCUT2D eigenvalue weighted by Gasteiger charge is -2.28. The fourth-order valence-electron chi connectivity index (χ4n) is 2.90. The Labute approximate surface area is 126 Å². The summed E-state index contributed by atoms with van der Waals surface area (Å²) in [6.45, 7) is 8.50. The van der Waals surface area contributed by atoms with Gasteiger partial charge in [0.05, 0.1) is 0 Å². The number of hydrogen-bond acceptors (Lipinski definition) is 2. The molecule has 0 spiro atoms. The van der Waals surface area contributed by atoms with Crippen LogP contribution >= 0.6 is 0 Å². The normalized spacial score (nSPS) is 18.2. The Hall–Kier alpha value is -1.42. The predicted molar refractivity (Wildman–Crippen MR) is 82.9 cm³/mol. The minimum Gasteiger partial charge on any atom is -0.337 e. The number of aryl methyl sites for hydroxylation is 1. The van der Waals surface area contributed by atoms with E-state index < -0.39 is 0 Å². The smallest absolute Gasteiger partial charge is 0.254 e. The van der Waals surface area contributed by atoms with Crippen molar-refractivity contribution in [1.29, 1.82) is 0 Å². The van der Waals surface area contributed by atoms with Gasteiger partial charge in [0.1, 0.15) is 5.82 Å². The average molecular weight is 292 g/mol. The van der Waals surface area contributed by atoms with Gasteiger partial charge >= 0.3 is 0 Å². The molecule has 2 rings (SSSR count). The fourth-order valence-corrected chi connectivity index (χ4v) is 2.90. The summed E-state index contributed by atoms with van der Waals surface area (Å²) in [6.07, 6.45) is 2.29. The predicted octanol–water partition coefficient (Wildman–Crippen LogP) is 2.98. The van der Waals surface area contributed by atoms with E-state index in [2.05, 4.69) is 19.2 Å². The molecule has 1 saturated heterocycles. The second-order valence-corrected chi connectivity index (χ2v) is 6.36. The number of carbonyl (C=O) groups is 1. The van der Waals surface area contributed by atoms with Crippen molar-refractivity contribution in [3.8, 4) is 0 Å². The summed E-state index contributed by atoms with van der Waals surface area (Å²) in [5, 5.41) is 3.44. The number of halogens is 1. The van der Waals surface area contributed by atoms with Crippen LogP contribution in [0.4, 0.5) is 4.39 Å². The van der Waals surface area contributed by atoms with Gasteiger partial charge < -0.3 is 10.2 Å². The number of hydrogen-bond donors (Lipinski definition) is 1. The number of benzene rings is 1. The summed E-state index contributed by atoms with van der Waals surface area (Å²) in [6, 6.07) is 4.77. The first kappa shape index (κ1) is 16.0. The van der Waals surface area contributed by atoms with E-state index >= 15 is 0 Å². The van der Waals surface area contributed by atoms with Gasteiger partial charge in [0.2, 0.25) is 0 Å². The van der Waals surface area contributed by atoms with E-state index in [0.717, 1.165) is 26.1 Å². The van der Waals surface area contributed by atoms with Crippen LogP contribution in [0.2, 0.25) is 0 Å². The van der Waals surface area contributed by atoms with Crippen molar-refractivity contribution in [2.24, 2.45) is 5.92 Å². The highest BCUT2D eigenvalue weighted by molar-refractivity contribution is 5.95. The summed E-state index contributed by atoms with van der Waals surface area (Å²) < 4.78 is 13.2. The molecule has 1 atom stereocenters. The van der Waals surface area contributed by atoms with Crippen LogP contribution in [0, 0.1) is 18.7 Å². The maximum atomic E-state index is 13.2. The minimum atomic E-state index is -0.295. The highest BCUT2D eigenvalue weighted by Gasteiger charge is 2.24. The maximum Gasteiger partial charge on any atom is 0.254 e. The highest BCUT2D eigenvalue weighted by atomic mass is 19.1. The number of amides is 1. The number of nitrogens with zero attached hydrogens (tertiary/aromatic N) is 1. The third-order valence-corrected chi connectivity index (χ3v) is 3.89. The van der Waals surface area contributed by atoms with Crippen LogP contribution in [-0.4, -0.2) is 36.5 Å². The van der Waals surface area contributed by atoms with Crippen LogP contribution in [0.15, 0.2) is 18.2 Å². The first-order valence-corrected chi connectivity index (χ1v) is 7.76. The van der Waals surface area contributed by atoms with Crippen molar-refractivity contribution in [3.05, 3.63) is 35.1 Å². The van der Waals surface area contributed by atoms with Gasteiger partial charge in [0.15, 0.2) is 0 Å². The van der Waals surface area contributed by atoms with Crippen LogP contribution < -0.4 is 5.32 Å². The largest absolute Gasteiger partial charge is 0.337 e. The monoisotopic (exact) mass is 292 g/mol. The van der Waals surface area contributed by atoms with Gasteiger partial charge in [-0.05, 0) is 56.0 Å². The lowest BCUT2D eigenvalue weighted by molar-refractivity contribution is 0.0720. The van der Waals surface area contributed by atoms with Gasteiger partial charge in [-0.3, -0.25) is 4.79 Å². The molecule has 21 heavy (non-hydrogen) atoms. The molecule has 3 nitrogen and oxygen atoms in total. The molecule has 1 aromatic rings. The van der Waals surface area contributed by atoms with Crippen molar-refractivity contribution in [2.75, 3.05) is 19.6 Å². The van der Waals surface area contributed by atoms with Crippen molar-refractivity contribution >= 4 is 5.91 Å². The molecule has 0 aliphatic carbocycles.